The fraction of sp³-hybridized carbons (Fsp3) is 0.700. The Morgan fingerprint density at radius 3 is 3.20 bits per heavy atom. The van der Waals surface area contributed by atoms with Gasteiger partial charge in [0.1, 0.15) is 9.34 Å². The van der Waals surface area contributed by atoms with Crippen molar-refractivity contribution in [3.05, 3.63) is 15.5 Å². The van der Waals surface area contributed by atoms with E-state index in [4.69, 9.17) is 16.3 Å². The Labute approximate surface area is 98.8 Å². The Kier molecular flexibility index (Phi) is 3.61. The largest absolute Gasteiger partial charge is 0.374 e. The van der Waals surface area contributed by atoms with E-state index in [0.717, 1.165) is 35.5 Å². The average Bonchev–Trinajstić information content (AvgIpc) is 2.76. The zero-order chi connectivity index (χ0) is 10.7. The first-order valence-electron chi connectivity index (χ1n) is 5.13. The number of thiazole rings is 1. The molecule has 5 heteroatoms. The molecule has 1 saturated heterocycles. The van der Waals surface area contributed by atoms with Crippen LogP contribution in [0.2, 0.25) is 4.34 Å². The summed E-state index contributed by atoms with van der Waals surface area (Å²) < 4.78 is 6.42. The topological polar surface area (TPSA) is 34.2 Å². The van der Waals surface area contributed by atoms with Gasteiger partial charge >= 0.3 is 0 Å². The number of ether oxygens (including phenoxy) is 1. The summed E-state index contributed by atoms with van der Waals surface area (Å²) in [5, 5.41) is 4.39. The molecule has 2 rings (SSSR count). The Balaban J connectivity index is 1.75. The van der Waals surface area contributed by atoms with Crippen LogP contribution in [0.3, 0.4) is 0 Å². The molecule has 1 unspecified atom stereocenters. The van der Waals surface area contributed by atoms with Gasteiger partial charge in [0.05, 0.1) is 11.8 Å². The molecule has 0 bridgehead atoms. The summed E-state index contributed by atoms with van der Waals surface area (Å²) in [5.41, 5.74) is 0.0149. The molecule has 1 aromatic heterocycles. The highest BCUT2D eigenvalue weighted by Gasteiger charge is 2.28. The van der Waals surface area contributed by atoms with E-state index in [2.05, 4.69) is 17.2 Å². The molecule has 0 aliphatic carbocycles. The minimum absolute atomic E-state index is 0.0149. The fourth-order valence-electron chi connectivity index (χ4n) is 1.78. The summed E-state index contributed by atoms with van der Waals surface area (Å²) in [4.78, 5) is 4.19. The average molecular weight is 247 g/mol. The van der Waals surface area contributed by atoms with Gasteiger partial charge in [0.2, 0.25) is 0 Å². The maximum absolute atomic E-state index is 5.80. The smallest absolute Gasteiger partial charge is 0.113 e. The van der Waals surface area contributed by atoms with Crippen molar-refractivity contribution in [3.63, 3.8) is 0 Å². The Morgan fingerprint density at radius 1 is 1.73 bits per heavy atom. The quantitative estimate of drug-likeness (QED) is 0.886. The molecule has 0 radical (unpaired) electrons. The van der Waals surface area contributed by atoms with E-state index in [1.165, 1.54) is 17.8 Å². The molecule has 0 aromatic carbocycles. The molecule has 0 amide bonds. The van der Waals surface area contributed by atoms with Crippen molar-refractivity contribution in [2.24, 2.45) is 0 Å². The van der Waals surface area contributed by atoms with E-state index in [9.17, 15) is 0 Å². The molecule has 0 saturated carbocycles. The first-order valence-corrected chi connectivity index (χ1v) is 6.32. The van der Waals surface area contributed by atoms with Gasteiger partial charge in [-0.15, -0.1) is 11.3 Å². The fourth-order valence-corrected chi connectivity index (χ4v) is 2.71. The number of aromatic nitrogens is 1. The van der Waals surface area contributed by atoms with Crippen LogP contribution in [0.25, 0.3) is 0 Å². The van der Waals surface area contributed by atoms with Crippen LogP contribution >= 0.6 is 22.9 Å². The van der Waals surface area contributed by atoms with Crippen molar-refractivity contribution >= 4 is 22.9 Å². The van der Waals surface area contributed by atoms with Crippen molar-refractivity contribution in [1.82, 2.24) is 10.3 Å². The van der Waals surface area contributed by atoms with Gasteiger partial charge < -0.3 is 10.1 Å². The van der Waals surface area contributed by atoms with Crippen molar-refractivity contribution < 1.29 is 4.74 Å². The Hall–Kier alpha value is -0.160. The normalized spacial score (nSPS) is 26.0. The monoisotopic (exact) mass is 246 g/mol. The summed E-state index contributed by atoms with van der Waals surface area (Å²) >= 11 is 7.32. The van der Waals surface area contributed by atoms with Crippen LogP contribution in [-0.4, -0.2) is 23.7 Å². The highest BCUT2D eigenvalue weighted by atomic mass is 35.5. The highest BCUT2D eigenvalue weighted by molar-refractivity contribution is 7.15. The van der Waals surface area contributed by atoms with Gasteiger partial charge in [-0.1, -0.05) is 11.6 Å². The van der Waals surface area contributed by atoms with Gasteiger partial charge in [0, 0.05) is 19.7 Å². The predicted molar refractivity (Wildman–Crippen MR) is 62.4 cm³/mol. The molecule has 15 heavy (non-hydrogen) atoms. The van der Waals surface area contributed by atoms with E-state index >= 15 is 0 Å². The van der Waals surface area contributed by atoms with Crippen LogP contribution in [0.4, 0.5) is 0 Å². The standard InChI is InChI=1S/C10H15ClN2OS/c1-10(3-2-4-14-10)7-12-6-9-13-5-8(11)15-9/h5,12H,2-4,6-7H2,1H3. The second-order valence-electron chi connectivity index (χ2n) is 4.06. The lowest BCUT2D eigenvalue weighted by Crippen LogP contribution is -2.36. The minimum atomic E-state index is 0.0149. The third-order valence-electron chi connectivity index (χ3n) is 2.60. The van der Waals surface area contributed by atoms with Crippen LogP contribution in [0.15, 0.2) is 6.20 Å². The molecular formula is C10H15ClN2OS. The maximum atomic E-state index is 5.80. The van der Waals surface area contributed by atoms with Gasteiger partial charge in [-0.3, -0.25) is 0 Å². The first kappa shape index (κ1) is 11.3. The molecule has 1 aromatic rings. The number of nitrogens with zero attached hydrogens (tertiary/aromatic N) is 1. The van der Waals surface area contributed by atoms with Crippen LogP contribution in [0, 0.1) is 0 Å². The van der Waals surface area contributed by atoms with Gasteiger partial charge in [-0.05, 0) is 19.8 Å². The zero-order valence-corrected chi connectivity index (χ0v) is 10.3. The van der Waals surface area contributed by atoms with E-state index in [1.54, 1.807) is 6.20 Å². The predicted octanol–water partition coefficient (Wildman–Crippen LogP) is 2.46. The van der Waals surface area contributed by atoms with E-state index in [0.29, 0.717) is 0 Å². The van der Waals surface area contributed by atoms with Crippen LogP contribution in [-0.2, 0) is 11.3 Å². The van der Waals surface area contributed by atoms with Crippen molar-refractivity contribution in [2.75, 3.05) is 13.2 Å². The molecule has 1 atom stereocenters. The van der Waals surface area contributed by atoms with Crippen LogP contribution in [0.5, 0.6) is 0 Å². The Morgan fingerprint density at radius 2 is 2.60 bits per heavy atom. The summed E-state index contributed by atoms with van der Waals surface area (Å²) in [6.45, 7) is 4.70. The van der Waals surface area contributed by atoms with E-state index in [-0.39, 0.29) is 5.60 Å². The van der Waals surface area contributed by atoms with Crippen molar-refractivity contribution in [1.29, 1.82) is 0 Å². The third-order valence-corrected chi connectivity index (χ3v) is 3.72. The molecule has 1 aliphatic rings. The molecule has 1 aliphatic heterocycles. The second kappa shape index (κ2) is 4.78. The molecule has 0 spiro atoms. The number of halogens is 1. The van der Waals surface area contributed by atoms with Crippen LogP contribution in [0.1, 0.15) is 24.8 Å². The number of hydrogen-bond acceptors (Lipinski definition) is 4. The van der Waals surface area contributed by atoms with Gasteiger partial charge in [-0.2, -0.15) is 0 Å². The molecule has 1 fully saturated rings. The number of nitrogens with one attached hydrogen (secondary N) is 1. The van der Waals surface area contributed by atoms with Crippen LogP contribution < -0.4 is 5.32 Å². The van der Waals surface area contributed by atoms with Gasteiger partial charge in [0.25, 0.3) is 0 Å². The number of hydrogen-bond donors (Lipinski definition) is 1. The summed E-state index contributed by atoms with van der Waals surface area (Å²) in [5.74, 6) is 0. The molecule has 2 heterocycles. The lowest BCUT2D eigenvalue weighted by atomic mass is 10.0. The molecular weight excluding hydrogens is 232 g/mol. The summed E-state index contributed by atoms with van der Waals surface area (Å²) in [7, 11) is 0. The van der Waals surface area contributed by atoms with E-state index in [1.807, 2.05) is 0 Å². The van der Waals surface area contributed by atoms with E-state index < -0.39 is 0 Å². The second-order valence-corrected chi connectivity index (χ2v) is 5.81. The van der Waals surface area contributed by atoms with Gasteiger partial charge in [-0.25, -0.2) is 4.98 Å². The first-order chi connectivity index (χ1) is 7.18. The lowest BCUT2D eigenvalue weighted by molar-refractivity contribution is 0.0207. The summed E-state index contributed by atoms with van der Waals surface area (Å²) in [6, 6.07) is 0. The molecule has 3 nitrogen and oxygen atoms in total. The maximum Gasteiger partial charge on any atom is 0.113 e. The minimum Gasteiger partial charge on any atom is -0.374 e. The SMILES string of the molecule is CC1(CNCc2ncc(Cl)s2)CCCO1. The highest BCUT2D eigenvalue weighted by Crippen LogP contribution is 2.24. The van der Waals surface area contributed by atoms with Crippen molar-refractivity contribution in [3.8, 4) is 0 Å². The summed E-state index contributed by atoms with van der Waals surface area (Å²) in [6.07, 6.45) is 4.00. The number of rotatable bonds is 4. The lowest BCUT2D eigenvalue weighted by Gasteiger charge is -2.23. The van der Waals surface area contributed by atoms with Gasteiger partial charge in [0.15, 0.2) is 0 Å². The molecule has 84 valence electrons. The molecule has 1 N–H and O–H groups in total. The Bertz CT molecular complexity index is 323. The third kappa shape index (κ3) is 3.14. The zero-order valence-electron chi connectivity index (χ0n) is 8.75. The van der Waals surface area contributed by atoms with Crippen molar-refractivity contribution in [2.45, 2.75) is 31.9 Å².